The van der Waals surface area contributed by atoms with Crippen LogP contribution in [-0.4, -0.2) is 94.2 Å². The molecule has 0 radical (unpaired) electrons. The molecule has 31 heavy (non-hydrogen) atoms. The lowest BCUT2D eigenvalue weighted by Crippen LogP contribution is -2.46. The highest BCUT2D eigenvalue weighted by Crippen LogP contribution is 2.32. The van der Waals surface area contributed by atoms with Crippen LogP contribution in [0.1, 0.15) is 30.0 Å². The summed E-state index contributed by atoms with van der Waals surface area (Å²) in [6.45, 7) is 7.97. The smallest absolute Gasteiger partial charge is 0.309 e. The van der Waals surface area contributed by atoms with Crippen molar-refractivity contribution in [1.82, 2.24) is 20.4 Å². The van der Waals surface area contributed by atoms with Crippen LogP contribution in [0.3, 0.4) is 0 Å². The predicted molar refractivity (Wildman–Crippen MR) is 120 cm³/mol. The van der Waals surface area contributed by atoms with Gasteiger partial charge >= 0.3 is 11.8 Å². The number of rotatable bonds is 7. The summed E-state index contributed by atoms with van der Waals surface area (Å²) in [6, 6.07) is 6.76. The molecule has 0 aromatic heterocycles. The van der Waals surface area contributed by atoms with E-state index in [-0.39, 0.29) is 6.04 Å². The summed E-state index contributed by atoms with van der Waals surface area (Å²) in [5.74, 6) is -1.10. The molecule has 0 bridgehead atoms. The number of hydrogen-bond donors (Lipinski definition) is 2. The quantitative estimate of drug-likeness (QED) is 0.611. The van der Waals surface area contributed by atoms with Crippen LogP contribution in [0.25, 0.3) is 0 Å². The van der Waals surface area contributed by atoms with Gasteiger partial charge in [0.2, 0.25) is 0 Å². The highest BCUT2D eigenvalue weighted by Gasteiger charge is 2.27. The fourth-order valence-corrected chi connectivity index (χ4v) is 4.81. The number of carbonyl (C=O) groups is 2. The summed E-state index contributed by atoms with van der Waals surface area (Å²) < 4.78 is 5.33. The molecule has 1 aromatic rings. The van der Waals surface area contributed by atoms with E-state index >= 15 is 0 Å². The van der Waals surface area contributed by atoms with Gasteiger partial charge in [0, 0.05) is 52.0 Å². The number of hydrogen-bond acceptors (Lipinski definition) is 6. The topological polar surface area (TPSA) is 77.2 Å². The molecule has 2 saturated heterocycles. The van der Waals surface area contributed by atoms with Gasteiger partial charge in [-0.05, 0) is 49.5 Å². The summed E-state index contributed by atoms with van der Waals surface area (Å²) in [4.78, 5) is 31.6. The summed E-state index contributed by atoms with van der Waals surface area (Å²) in [6.07, 6.45) is 3.42. The summed E-state index contributed by atoms with van der Waals surface area (Å²) in [5.41, 5.74) is 3.90. The molecule has 3 heterocycles. The van der Waals surface area contributed by atoms with E-state index in [2.05, 4.69) is 50.6 Å². The lowest BCUT2D eigenvalue weighted by Gasteiger charge is -2.29. The highest BCUT2D eigenvalue weighted by atomic mass is 16.5. The Morgan fingerprint density at radius 2 is 1.77 bits per heavy atom. The first-order valence-corrected chi connectivity index (χ1v) is 11.6. The van der Waals surface area contributed by atoms with Gasteiger partial charge in [-0.1, -0.05) is 12.1 Å². The van der Waals surface area contributed by atoms with Gasteiger partial charge in [0.05, 0.1) is 19.3 Å². The number of ether oxygens (including phenoxy) is 1. The molecule has 0 spiro atoms. The zero-order valence-corrected chi connectivity index (χ0v) is 18.6. The molecule has 0 unspecified atom stereocenters. The summed E-state index contributed by atoms with van der Waals surface area (Å²) in [5, 5.41) is 5.64. The van der Waals surface area contributed by atoms with E-state index in [0.717, 1.165) is 58.9 Å². The zero-order valence-electron chi connectivity index (χ0n) is 18.6. The second-order valence-electron chi connectivity index (χ2n) is 8.74. The Balaban J connectivity index is 1.31. The van der Waals surface area contributed by atoms with Crippen LogP contribution >= 0.6 is 0 Å². The van der Waals surface area contributed by atoms with Crippen molar-refractivity contribution in [1.29, 1.82) is 0 Å². The van der Waals surface area contributed by atoms with Crippen molar-refractivity contribution in [2.45, 2.75) is 25.3 Å². The highest BCUT2D eigenvalue weighted by molar-refractivity contribution is 6.35. The lowest BCUT2D eigenvalue weighted by molar-refractivity contribution is -0.139. The Hall–Kier alpha value is -2.16. The zero-order chi connectivity index (χ0) is 21.6. The molecule has 2 amide bonds. The van der Waals surface area contributed by atoms with Gasteiger partial charge in [-0.15, -0.1) is 0 Å². The number of fused-ring (bicyclic) bond motifs is 1. The molecule has 2 N–H and O–H groups in total. The largest absolute Gasteiger partial charge is 0.379 e. The Labute approximate surface area is 184 Å². The van der Waals surface area contributed by atoms with Crippen LogP contribution in [0.5, 0.6) is 0 Å². The van der Waals surface area contributed by atoms with E-state index in [9.17, 15) is 9.59 Å². The van der Waals surface area contributed by atoms with Crippen LogP contribution < -0.4 is 15.5 Å². The van der Waals surface area contributed by atoms with Crippen molar-refractivity contribution in [3.8, 4) is 0 Å². The molecule has 170 valence electrons. The van der Waals surface area contributed by atoms with Crippen molar-refractivity contribution in [3.63, 3.8) is 0 Å². The molecular weight excluding hydrogens is 394 g/mol. The number of benzene rings is 1. The minimum absolute atomic E-state index is 0.101. The van der Waals surface area contributed by atoms with Gasteiger partial charge < -0.3 is 20.3 Å². The van der Waals surface area contributed by atoms with Crippen molar-refractivity contribution < 1.29 is 14.3 Å². The summed E-state index contributed by atoms with van der Waals surface area (Å²) >= 11 is 0. The second-order valence-corrected chi connectivity index (χ2v) is 8.74. The third-order valence-electron chi connectivity index (χ3n) is 6.68. The fraction of sp³-hybridized carbons (Fsp3) is 0.652. The molecular formula is C23H35N5O3. The van der Waals surface area contributed by atoms with E-state index in [1.54, 1.807) is 0 Å². The first kappa shape index (κ1) is 22.0. The maximum atomic E-state index is 12.4. The third-order valence-corrected chi connectivity index (χ3v) is 6.68. The minimum Gasteiger partial charge on any atom is -0.379 e. The van der Waals surface area contributed by atoms with E-state index in [0.29, 0.717) is 13.1 Å². The third kappa shape index (κ3) is 5.56. The van der Waals surface area contributed by atoms with Crippen LogP contribution in [0.4, 0.5) is 5.69 Å². The van der Waals surface area contributed by atoms with Gasteiger partial charge in [-0.3, -0.25) is 19.4 Å². The van der Waals surface area contributed by atoms with Crippen LogP contribution in [0.2, 0.25) is 0 Å². The van der Waals surface area contributed by atoms with Gasteiger partial charge in [0.15, 0.2) is 0 Å². The maximum Gasteiger partial charge on any atom is 0.309 e. The van der Waals surface area contributed by atoms with Gasteiger partial charge in [-0.2, -0.15) is 0 Å². The fourth-order valence-electron chi connectivity index (χ4n) is 4.81. The number of anilines is 1. The lowest BCUT2D eigenvalue weighted by atomic mass is 10.0. The molecule has 8 heteroatoms. The average Bonchev–Trinajstić information content (AvgIpc) is 3.45. The van der Waals surface area contributed by atoms with Crippen molar-refractivity contribution in [3.05, 3.63) is 29.3 Å². The maximum absolute atomic E-state index is 12.4. The molecule has 1 atom stereocenters. The van der Waals surface area contributed by atoms with E-state index in [1.807, 2.05) is 0 Å². The van der Waals surface area contributed by atoms with Gasteiger partial charge in [-0.25, -0.2) is 0 Å². The van der Waals surface area contributed by atoms with E-state index < -0.39 is 11.8 Å². The van der Waals surface area contributed by atoms with Crippen molar-refractivity contribution in [2.24, 2.45) is 0 Å². The predicted octanol–water partition coefficient (Wildman–Crippen LogP) is 0.380. The minimum atomic E-state index is -0.552. The Morgan fingerprint density at radius 1 is 1.03 bits per heavy atom. The molecule has 8 nitrogen and oxygen atoms in total. The molecule has 3 aliphatic rings. The number of carbonyl (C=O) groups excluding carboxylic acids is 2. The second kappa shape index (κ2) is 10.4. The molecule has 0 saturated carbocycles. The van der Waals surface area contributed by atoms with Crippen molar-refractivity contribution >= 4 is 17.5 Å². The van der Waals surface area contributed by atoms with Crippen LogP contribution in [0.15, 0.2) is 18.2 Å². The molecule has 4 rings (SSSR count). The van der Waals surface area contributed by atoms with Crippen LogP contribution in [0, 0.1) is 0 Å². The van der Waals surface area contributed by atoms with Gasteiger partial charge in [0.25, 0.3) is 0 Å². The van der Waals surface area contributed by atoms with E-state index in [1.165, 1.54) is 29.7 Å². The number of likely N-dealkylation sites (N-methyl/N-ethyl adjacent to an activating group) is 1. The molecule has 3 aliphatic heterocycles. The number of likely N-dealkylation sites (tertiary alicyclic amines) is 1. The van der Waals surface area contributed by atoms with Crippen molar-refractivity contribution in [2.75, 3.05) is 77.5 Å². The SMILES string of the molecule is CN1CCc2cc([C@@H](CNC(=O)C(=O)NCCN3CCOCC3)N3CCCC3)ccc21. The Bertz CT molecular complexity index is 774. The first-order chi connectivity index (χ1) is 15.1. The number of morpholine rings is 1. The van der Waals surface area contributed by atoms with E-state index in [4.69, 9.17) is 4.74 Å². The molecule has 1 aromatic carbocycles. The number of nitrogens with one attached hydrogen (secondary N) is 2. The first-order valence-electron chi connectivity index (χ1n) is 11.6. The Morgan fingerprint density at radius 3 is 2.55 bits per heavy atom. The van der Waals surface area contributed by atoms with Crippen LogP contribution in [-0.2, 0) is 20.7 Å². The number of amides is 2. The normalized spacial score (nSPS) is 20.5. The monoisotopic (exact) mass is 429 g/mol. The summed E-state index contributed by atoms with van der Waals surface area (Å²) in [7, 11) is 2.13. The number of nitrogens with zero attached hydrogens (tertiary/aromatic N) is 3. The average molecular weight is 430 g/mol. The standard InChI is InChI=1S/C23H35N5O3/c1-26-10-6-19-16-18(4-5-20(19)26)21(28-8-2-3-9-28)17-25-23(30)22(29)24-7-11-27-12-14-31-15-13-27/h4-5,16,21H,2-3,6-15,17H2,1H3,(H,24,29)(H,25,30)/t21-/m1/s1. The molecule has 2 fully saturated rings. The Kier molecular flexibility index (Phi) is 7.42. The van der Waals surface area contributed by atoms with Gasteiger partial charge in [0.1, 0.15) is 0 Å². The molecule has 0 aliphatic carbocycles.